The monoisotopic (exact) mass is 377 g/mol. The third kappa shape index (κ3) is 20.7. The van der Waals surface area contributed by atoms with Gasteiger partial charge in [0.1, 0.15) is 6.04 Å². The second-order valence-electron chi connectivity index (χ2n) is 5.91. The van der Waals surface area contributed by atoms with Crippen LogP contribution in [0.25, 0.3) is 0 Å². The van der Waals surface area contributed by atoms with Gasteiger partial charge in [-0.1, -0.05) is 58.3 Å². The van der Waals surface area contributed by atoms with Crippen molar-refractivity contribution in [3.8, 4) is 0 Å². The Bertz CT molecular complexity index is 377. The first-order chi connectivity index (χ1) is 11.0. The zero-order chi connectivity index (χ0) is 17.5. The van der Waals surface area contributed by atoms with Gasteiger partial charge in [-0.05, 0) is 12.8 Å². The first kappa shape index (κ1) is 30.3. The first-order valence-electron chi connectivity index (χ1n) is 8.69. The summed E-state index contributed by atoms with van der Waals surface area (Å²) in [5, 5.41) is 8.58. The fourth-order valence-corrected chi connectivity index (χ4v) is 2.21. The number of unbranched alkanes of at least 4 members (excludes halogenated alkanes) is 8. The van der Waals surface area contributed by atoms with E-state index in [1.165, 1.54) is 38.5 Å². The summed E-state index contributed by atoms with van der Waals surface area (Å²) in [6, 6.07) is -1.10. The number of hydrogen-bond acceptors (Lipinski definition) is 5. The van der Waals surface area contributed by atoms with Gasteiger partial charge in [0.05, 0.1) is 0 Å². The number of carbonyl (C=O) groups excluding carboxylic acids is 2. The summed E-state index contributed by atoms with van der Waals surface area (Å²) in [6.45, 7) is 2.20. The Balaban J connectivity index is -0.000000403. The number of ether oxygens (including phenoxy) is 1. The van der Waals surface area contributed by atoms with Gasteiger partial charge in [-0.3, -0.25) is 14.4 Å². The van der Waals surface area contributed by atoms with Crippen LogP contribution in [-0.4, -0.2) is 29.1 Å². The molecule has 6 nitrogen and oxygen atoms in total. The van der Waals surface area contributed by atoms with Crippen molar-refractivity contribution in [2.75, 3.05) is 0 Å². The van der Waals surface area contributed by atoms with Crippen LogP contribution >= 0.6 is 0 Å². The van der Waals surface area contributed by atoms with Gasteiger partial charge in [-0.15, -0.1) is 0 Å². The quantitative estimate of drug-likeness (QED) is 0.149. The van der Waals surface area contributed by atoms with Crippen molar-refractivity contribution in [3.63, 3.8) is 0 Å². The van der Waals surface area contributed by atoms with Crippen molar-refractivity contribution in [2.24, 2.45) is 5.73 Å². The van der Waals surface area contributed by atoms with Crippen LogP contribution in [0.5, 0.6) is 0 Å². The molecule has 0 spiro atoms. The number of hydrogen-bond donors (Lipinski definition) is 2. The molecule has 25 heavy (non-hydrogen) atoms. The molecule has 0 saturated carbocycles. The fraction of sp³-hybridized carbons (Fsp3) is 0.824. The van der Waals surface area contributed by atoms with Gasteiger partial charge >= 0.3 is 77.0 Å². The molecule has 138 valence electrons. The third-order valence-corrected chi connectivity index (χ3v) is 3.69. The van der Waals surface area contributed by atoms with Gasteiger partial charge in [-0.25, -0.2) is 0 Å². The number of carboxylic acids is 1. The molecule has 0 radical (unpaired) electrons. The van der Waals surface area contributed by atoms with Gasteiger partial charge in [0, 0.05) is 12.8 Å². The molecule has 3 N–H and O–H groups in total. The Morgan fingerprint density at radius 1 is 0.880 bits per heavy atom. The third-order valence-electron chi connectivity index (χ3n) is 3.69. The van der Waals surface area contributed by atoms with Crippen molar-refractivity contribution in [2.45, 2.75) is 90.0 Å². The van der Waals surface area contributed by atoms with Gasteiger partial charge in [0.15, 0.2) is 0 Å². The Morgan fingerprint density at radius 2 is 1.32 bits per heavy atom. The molecule has 0 aliphatic rings. The summed E-state index contributed by atoms with van der Waals surface area (Å²) >= 11 is 0. The minimum Gasteiger partial charge on any atom is -1.00 e. The van der Waals surface area contributed by atoms with E-state index in [2.05, 4.69) is 11.7 Å². The number of carbonyl (C=O) groups is 3. The molecule has 0 bridgehead atoms. The van der Waals surface area contributed by atoms with E-state index in [0.29, 0.717) is 0 Å². The largest absolute Gasteiger partial charge is 1.00 e. The average molecular weight is 377 g/mol. The normalized spacial score (nSPS) is 11.0. The molecule has 0 aliphatic carbocycles. The van der Waals surface area contributed by atoms with Crippen molar-refractivity contribution in [1.82, 2.24) is 0 Å². The molecule has 0 aromatic heterocycles. The molecular weight excluding hydrogens is 344 g/mol. The molecule has 0 fully saturated rings. The van der Waals surface area contributed by atoms with Gasteiger partial charge < -0.3 is 18.4 Å². The molecule has 0 heterocycles. The maximum atomic E-state index is 11.4. The van der Waals surface area contributed by atoms with Crippen LogP contribution in [0.3, 0.4) is 0 Å². The SMILES string of the molecule is CCCCCCCCCCCC(=O)OC(=O)CC[C@H](N)C(=O)O.[H-].[H-].[Na+].[Na+]. The second-order valence-corrected chi connectivity index (χ2v) is 5.91. The van der Waals surface area contributed by atoms with Crippen molar-refractivity contribution < 1.29 is 86.2 Å². The molecule has 0 aliphatic heterocycles. The van der Waals surface area contributed by atoms with Crippen molar-refractivity contribution in [1.29, 1.82) is 0 Å². The Hall–Kier alpha value is 0.570. The number of esters is 2. The van der Waals surface area contributed by atoms with E-state index in [1.54, 1.807) is 0 Å². The van der Waals surface area contributed by atoms with Crippen LogP contribution in [0.2, 0.25) is 0 Å². The Labute approximate surface area is 198 Å². The van der Waals surface area contributed by atoms with E-state index in [1.807, 2.05) is 0 Å². The maximum absolute atomic E-state index is 11.4. The zero-order valence-corrected chi connectivity index (χ0v) is 20.2. The second kappa shape index (κ2) is 20.9. The van der Waals surface area contributed by atoms with E-state index in [0.717, 1.165) is 19.3 Å². The van der Waals surface area contributed by atoms with E-state index >= 15 is 0 Å². The Kier molecular flexibility index (Phi) is 25.3. The van der Waals surface area contributed by atoms with E-state index < -0.39 is 23.9 Å². The molecule has 0 amide bonds. The first-order valence-corrected chi connectivity index (χ1v) is 8.69. The van der Waals surface area contributed by atoms with Gasteiger partial charge in [0.25, 0.3) is 0 Å². The summed E-state index contributed by atoms with van der Waals surface area (Å²) in [7, 11) is 0. The maximum Gasteiger partial charge on any atom is 1.00 e. The average Bonchev–Trinajstić information content (AvgIpc) is 2.50. The Morgan fingerprint density at radius 3 is 1.80 bits per heavy atom. The molecule has 0 aromatic rings. The van der Waals surface area contributed by atoms with Gasteiger partial charge in [-0.2, -0.15) is 0 Å². The minimum atomic E-state index is -1.17. The summed E-state index contributed by atoms with van der Waals surface area (Å²) in [6.07, 6.45) is 10.4. The predicted molar refractivity (Wildman–Crippen MR) is 90.0 cm³/mol. The van der Waals surface area contributed by atoms with Crippen molar-refractivity contribution >= 4 is 17.9 Å². The number of rotatable bonds is 14. The molecule has 0 unspecified atom stereocenters. The smallest absolute Gasteiger partial charge is 1.00 e. The van der Waals surface area contributed by atoms with Crippen LogP contribution in [-0.2, 0) is 19.1 Å². The van der Waals surface area contributed by atoms with Crippen LogP contribution < -0.4 is 64.8 Å². The van der Waals surface area contributed by atoms with E-state index in [4.69, 9.17) is 10.8 Å². The molecular formula is C17H33NNa2O5. The van der Waals surface area contributed by atoms with Crippen LogP contribution in [0.1, 0.15) is 86.8 Å². The van der Waals surface area contributed by atoms with E-state index in [9.17, 15) is 14.4 Å². The molecule has 8 heteroatoms. The minimum absolute atomic E-state index is 0. The predicted octanol–water partition coefficient (Wildman–Crippen LogP) is -2.60. The van der Waals surface area contributed by atoms with Crippen LogP contribution in [0.15, 0.2) is 0 Å². The molecule has 1 atom stereocenters. The van der Waals surface area contributed by atoms with E-state index in [-0.39, 0.29) is 81.2 Å². The number of aliphatic carboxylic acids is 1. The molecule has 0 rings (SSSR count). The molecule has 0 saturated heterocycles. The van der Waals surface area contributed by atoms with Crippen LogP contribution in [0.4, 0.5) is 0 Å². The van der Waals surface area contributed by atoms with Crippen molar-refractivity contribution in [3.05, 3.63) is 0 Å². The zero-order valence-electron chi connectivity index (χ0n) is 18.2. The number of carboxylic acid groups (broad SMARTS) is 1. The molecule has 0 aromatic carbocycles. The summed E-state index contributed by atoms with van der Waals surface area (Å²) in [5.74, 6) is -2.41. The van der Waals surface area contributed by atoms with Gasteiger partial charge in [0.2, 0.25) is 0 Å². The number of nitrogens with two attached hydrogens (primary N) is 1. The summed E-state index contributed by atoms with van der Waals surface area (Å²) < 4.78 is 4.63. The fourth-order valence-electron chi connectivity index (χ4n) is 2.21. The summed E-state index contributed by atoms with van der Waals surface area (Å²) in [4.78, 5) is 33.3. The van der Waals surface area contributed by atoms with Crippen LogP contribution in [0, 0.1) is 0 Å². The standard InChI is InChI=1S/C17H31NO5.2Na.2H/c1-2-3-4-5-6-7-8-9-10-11-15(19)23-16(20)13-12-14(18)17(21)22;;;;/h14H,2-13,18H2,1H3,(H,21,22);;;;/q;2*+1;2*-1/t14-;;;;/m0..../s1. The summed E-state index contributed by atoms with van der Waals surface area (Å²) in [5.41, 5.74) is 5.27. The topological polar surface area (TPSA) is 107 Å².